The number of aryl methyl sites for hydroxylation is 2. The molecule has 5 rings (SSSR count). The molecule has 0 atom stereocenters. The summed E-state index contributed by atoms with van der Waals surface area (Å²) in [6.07, 6.45) is 0. The van der Waals surface area contributed by atoms with Crippen LogP contribution in [0.4, 0.5) is 10.1 Å². The molecule has 4 aromatic carbocycles. The van der Waals surface area contributed by atoms with Crippen LogP contribution in [0.3, 0.4) is 0 Å². The number of aromatic nitrogens is 1. The van der Waals surface area contributed by atoms with Gasteiger partial charge in [-0.15, -0.1) is 0 Å². The van der Waals surface area contributed by atoms with Crippen LogP contribution in [0.15, 0.2) is 97.1 Å². The highest BCUT2D eigenvalue weighted by atomic mass is 19.1. The highest BCUT2D eigenvalue weighted by Gasteiger charge is 2.18. The lowest BCUT2D eigenvalue weighted by atomic mass is 10.1. The molecule has 5 aromatic rings. The van der Waals surface area contributed by atoms with E-state index in [1.54, 1.807) is 0 Å². The Labute approximate surface area is 220 Å². The van der Waals surface area contributed by atoms with Crippen LogP contribution in [0.1, 0.15) is 43.1 Å². The second kappa shape index (κ2) is 10.7. The number of fused-ring (bicyclic) bond motifs is 1. The van der Waals surface area contributed by atoms with Crippen LogP contribution in [0.25, 0.3) is 10.9 Å². The average molecular weight is 506 g/mol. The van der Waals surface area contributed by atoms with E-state index in [4.69, 9.17) is 0 Å². The lowest BCUT2D eigenvalue weighted by Gasteiger charge is -2.14. The van der Waals surface area contributed by atoms with Gasteiger partial charge >= 0.3 is 0 Å². The zero-order valence-corrected chi connectivity index (χ0v) is 21.3. The van der Waals surface area contributed by atoms with Crippen LogP contribution in [0.2, 0.25) is 0 Å². The van der Waals surface area contributed by atoms with Crippen LogP contribution >= 0.6 is 0 Å². The van der Waals surface area contributed by atoms with Gasteiger partial charge in [-0.25, -0.2) is 4.39 Å². The Morgan fingerprint density at radius 1 is 0.816 bits per heavy atom. The van der Waals surface area contributed by atoms with Crippen LogP contribution in [0.5, 0.6) is 0 Å². The van der Waals surface area contributed by atoms with Crippen molar-refractivity contribution < 1.29 is 14.0 Å². The molecule has 5 nitrogen and oxygen atoms in total. The first-order chi connectivity index (χ1) is 18.4. The predicted molar refractivity (Wildman–Crippen MR) is 149 cm³/mol. The fraction of sp³-hybridized carbons (Fsp3) is 0.125. The SMILES string of the molecule is Cc1ccc(C)c(Cn2c(C(=O)NCc3ccccc3)cc3cc(NC(=O)c4ccc(F)cc4)ccc32)c1. The summed E-state index contributed by atoms with van der Waals surface area (Å²) in [5, 5.41) is 6.74. The van der Waals surface area contributed by atoms with E-state index in [2.05, 4.69) is 42.7 Å². The lowest BCUT2D eigenvalue weighted by Crippen LogP contribution is -2.25. The number of carbonyl (C=O) groups is 2. The maximum absolute atomic E-state index is 13.4. The van der Waals surface area contributed by atoms with Gasteiger partial charge in [0.05, 0.1) is 0 Å². The monoisotopic (exact) mass is 505 g/mol. The van der Waals surface area contributed by atoms with E-state index in [9.17, 15) is 14.0 Å². The van der Waals surface area contributed by atoms with Crippen molar-refractivity contribution in [2.24, 2.45) is 0 Å². The van der Waals surface area contributed by atoms with E-state index in [-0.39, 0.29) is 11.8 Å². The number of nitrogens with zero attached hydrogens (tertiary/aromatic N) is 1. The molecule has 0 saturated carbocycles. The fourth-order valence-corrected chi connectivity index (χ4v) is 4.52. The van der Waals surface area contributed by atoms with Crippen molar-refractivity contribution in [3.05, 3.63) is 136 Å². The zero-order chi connectivity index (χ0) is 26.6. The summed E-state index contributed by atoms with van der Waals surface area (Å²) in [5.41, 5.74) is 6.83. The molecule has 190 valence electrons. The van der Waals surface area contributed by atoms with E-state index in [0.717, 1.165) is 33.2 Å². The Bertz CT molecular complexity index is 1620. The molecule has 2 amide bonds. The summed E-state index contributed by atoms with van der Waals surface area (Å²) in [6, 6.07) is 28.9. The molecular formula is C32H28FN3O2. The number of hydrogen-bond donors (Lipinski definition) is 2. The first-order valence-corrected chi connectivity index (χ1v) is 12.5. The molecule has 0 aliphatic carbocycles. The molecule has 0 aliphatic heterocycles. The number of rotatable bonds is 7. The highest BCUT2D eigenvalue weighted by Crippen LogP contribution is 2.26. The minimum atomic E-state index is -0.397. The van der Waals surface area contributed by atoms with E-state index in [0.29, 0.717) is 30.0 Å². The topological polar surface area (TPSA) is 63.1 Å². The van der Waals surface area contributed by atoms with Gasteiger partial charge in [-0.3, -0.25) is 9.59 Å². The molecular weight excluding hydrogens is 477 g/mol. The van der Waals surface area contributed by atoms with E-state index in [1.807, 2.05) is 59.2 Å². The smallest absolute Gasteiger partial charge is 0.268 e. The maximum Gasteiger partial charge on any atom is 0.268 e. The third-order valence-corrected chi connectivity index (χ3v) is 6.63. The van der Waals surface area contributed by atoms with Crippen molar-refractivity contribution in [1.29, 1.82) is 0 Å². The number of carbonyl (C=O) groups excluding carboxylic acids is 2. The van der Waals surface area contributed by atoms with E-state index < -0.39 is 5.82 Å². The molecule has 0 bridgehead atoms. The van der Waals surface area contributed by atoms with Crippen molar-refractivity contribution >= 4 is 28.4 Å². The van der Waals surface area contributed by atoms with Crippen molar-refractivity contribution in [2.45, 2.75) is 26.9 Å². The normalized spacial score (nSPS) is 10.9. The van der Waals surface area contributed by atoms with Gasteiger partial charge in [-0.1, -0.05) is 54.1 Å². The number of nitrogens with one attached hydrogen (secondary N) is 2. The molecule has 1 heterocycles. The molecule has 0 aliphatic rings. The first-order valence-electron chi connectivity index (χ1n) is 12.5. The molecule has 0 saturated heterocycles. The molecule has 0 unspecified atom stereocenters. The Balaban J connectivity index is 1.48. The van der Waals surface area contributed by atoms with Gasteiger partial charge in [0.15, 0.2) is 0 Å². The minimum absolute atomic E-state index is 0.174. The molecule has 0 fully saturated rings. The second-order valence-electron chi connectivity index (χ2n) is 9.45. The van der Waals surface area contributed by atoms with Gasteiger partial charge in [0.1, 0.15) is 11.5 Å². The van der Waals surface area contributed by atoms with Crippen LogP contribution in [0, 0.1) is 19.7 Å². The second-order valence-corrected chi connectivity index (χ2v) is 9.45. The lowest BCUT2D eigenvalue weighted by molar-refractivity contribution is 0.0941. The molecule has 0 spiro atoms. The standard InChI is InChI=1S/C32H28FN3O2/c1-21-8-9-22(2)26(16-21)20-36-29-15-14-28(35-31(37)24-10-12-27(33)13-11-24)17-25(29)18-30(36)32(38)34-19-23-6-4-3-5-7-23/h3-18H,19-20H2,1-2H3,(H,34,38)(H,35,37). The van der Waals surface area contributed by atoms with E-state index in [1.165, 1.54) is 24.3 Å². The highest BCUT2D eigenvalue weighted by molar-refractivity contribution is 6.06. The molecule has 6 heteroatoms. The Morgan fingerprint density at radius 3 is 2.34 bits per heavy atom. The Hall–Kier alpha value is -4.71. The summed E-state index contributed by atoms with van der Waals surface area (Å²) < 4.78 is 15.3. The van der Waals surface area contributed by atoms with Gasteiger partial charge in [0.2, 0.25) is 0 Å². The maximum atomic E-state index is 13.4. The molecule has 1 aromatic heterocycles. The molecule has 0 radical (unpaired) electrons. The summed E-state index contributed by atoms with van der Waals surface area (Å²) in [5.74, 6) is -0.904. The van der Waals surface area contributed by atoms with Crippen molar-refractivity contribution in [2.75, 3.05) is 5.32 Å². The average Bonchev–Trinajstić information content (AvgIpc) is 3.28. The van der Waals surface area contributed by atoms with Gasteiger partial charge in [-0.2, -0.15) is 0 Å². The van der Waals surface area contributed by atoms with Gasteiger partial charge in [0.25, 0.3) is 11.8 Å². The quantitative estimate of drug-likeness (QED) is 0.261. The molecule has 38 heavy (non-hydrogen) atoms. The van der Waals surface area contributed by atoms with Gasteiger partial charge in [0, 0.05) is 35.2 Å². The Kier molecular flexibility index (Phi) is 7.05. The number of anilines is 1. The summed E-state index contributed by atoms with van der Waals surface area (Å²) >= 11 is 0. The predicted octanol–water partition coefficient (Wildman–Crippen LogP) is 6.63. The number of amides is 2. The summed E-state index contributed by atoms with van der Waals surface area (Å²) in [4.78, 5) is 26.1. The van der Waals surface area contributed by atoms with Crippen LogP contribution < -0.4 is 10.6 Å². The summed E-state index contributed by atoms with van der Waals surface area (Å²) in [7, 11) is 0. The van der Waals surface area contributed by atoms with Crippen LogP contribution in [-0.4, -0.2) is 16.4 Å². The fourth-order valence-electron chi connectivity index (χ4n) is 4.52. The van der Waals surface area contributed by atoms with Crippen molar-refractivity contribution in [3.63, 3.8) is 0 Å². The van der Waals surface area contributed by atoms with Gasteiger partial charge in [-0.05, 0) is 79.1 Å². The number of hydrogen-bond acceptors (Lipinski definition) is 2. The summed E-state index contributed by atoms with van der Waals surface area (Å²) in [6.45, 7) is 5.08. The third kappa shape index (κ3) is 5.49. The third-order valence-electron chi connectivity index (χ3n) is 6.63. The van der Waals surface area contributed by atoms with Crippen molar-refractivity contribution in [3.8, 4) is 0 Å². The molecule has 2 N–H and O–H groups in total. The zero-order valence-electron chi connectivity index (χ0n) is 21.3. The number of benzene rings is 4. The van der Waals surface area contributed by atoms with E-state index >= 15 is 0 Å². The van der Waals surface area contributed by atoms with Gasteiger partial charge < -0.3 is 15.2 Å². The Morgan fingerprint density at radius 2 is 1.58 bits per heavy atom. The minimum Gasteiger partial charge on any atom is -0.347 e. The van der Waals surface area contributed by atoms with Crippen molar-refractivity contribution in [1.82, 2.24) is 9.88 Å². The largest absolute Gasteiger partial charge is 0.347 e. The first kappa shape index (κ1) is 25.0. The number of halogens is 1. The van der Waals surface area contributed by atoms with Crippen LogP contribution in [-0.2, 0) is 13.1 Å².